The van der Waals surface area contributed by atoms with E-state index in [2.05, 4.69) is 13.0 Å². The van der Waals surface area contributed by atoms with Crippen molar-refractivity contribution < 1.29 is 14.3 Å². The van der Waals surface area contributed by atoms with E-state index < -0.39 is 6.10 Å². The first-order valence-corrected chi connectivity index (χ1v) is 5.98. The molecular formula is C14H18O3. The maximum atomic E-state index is 11.9. The molecule has 2 aliphatic carbocycles. The van der Waals surface area contributed by atoms with Crippen molar-refractivity contribution in [3.05, 3.63) is 23.8 Å². The Kier molecular flexibility index (Phi) is 2.94. The van der Waals surface area contributed by atoms with E-state index in [0.717, 1.165) is 12.8 Å². The zero-order valence-corrected chi connectivity index (χ0v) is 10.5. The first kappa shape index (κ1) is 12.1. The molecule has 0 N–H and O–H groups in total. The van der Waals surface area contributed by atoms with E-state index in [1.165, 1.54) is 12.5 Å². The van der Waals surface area contributed by atoms with Crippen LogP contribution in [0.1, 0.15) is 33.6 Å². The van der Waals surface area contributed by atoms with Gasteiger partial charge in [-0.25, -0.2) is 0 Å². The van der Waals surface area contributed by atoms with Gasteiger partial charge in [0.2, 0.25) is 0 Å². The van der Waals surface area contributed by atoms with Crippen molar-refractivity contribution in [1.82, 2.24) is 0 Å². The highest BCUT2D eigenvalue weighted by Crippen LogP contribution is 2.47. The minimum atomic E-state index is -0.626. The van der Waals surface area contributed by atoms with E-state index in [9.17, 15) is 9.59 Å². The Bertz CT molecular complexity index is 419. The number of ether oxygens (including phenoxy) is 1. The van der Waals surface area contributed by atoms with Crippen molar-refractivity contribution in [2.45, 2.75) is 39.7 Å². The van der Waals surface area contributed by atoms with Crippen LogP contribution >= 0.6 is 0 Å². The number of carbonyl (C=O) groups excluding carboxylic acids is 2. The van der Waals surface area contributed by atoms with E-state index in [1.54, 1.807) is 6.08 Å². The summed E-state index contributed by atoms with van der Waals surface area (Å²) in [5, 5.41) is 0. The summed E-state index contributed by atoms with van der Waals surface area (Å²) in [6.45, 7) is 5.49. The molecule has 0 spiro atoms. The molecule has 0 aromatic carbocycles. The third kappa shape index (κ3) is 2.06. The fourth-order valence-electron chi connectivity index (χ4n) is 2.78. The fourth-order valence-corrected chi connectivity index (χ4v) is 2.78. The minimum absolute atomic E-state index is 0.0908. The Morgan fingerprint density at radius 3 is 2.88 bits per heavy atom. The van der Waals surface area contributed by atoms with Crippen LogP contribution in [-0.2, 0) is 14.3 Å². The molecule has 0 heterocycles. The molecule has 17 heavy (non-hydrogen) atoms. The lowest BCUT2D eigenvalue weighted by atomic mass is 9.62. The number of hydrogen-bond donors (Lipinski definition) is 0. The average Bonchev–Trinajstić information content (AvgIpc) is 2.25. The van der Waals surface area contributed by atoms with Gasteiger partial charge in [-0.1, -0.05) is 24.6 Å². The average molecular weight is 234 g/mol. The first-order chi connectivity index (χ1) is 7.93. The van der Waals surface area contributed by atoms with Gasteiger partial charge in [-0.3, -0.25) is 9.59 Å². The molecule has 0 amide bonds. The molecule has 0 unspecified atom stereocenters. The van der Waals surface area contributed by atoms with E-state index >= 15 is 0 Å². The maximum absolute atomic E-state index is 11.9. The lowest BCUT2D eigenvalue weighted by Crippen LogP contribution is -2.49. The third-order valence-electron chi connectivity index (χ3n) is 3.91. The number of carbonyl (C=O) groups is 2. The summed E-state index contributed by atoms with van der Waals surface area (Å²) in [5.74, 6) is -0.189. The van der Waals surface area contributed by atoms with Crippen LogP contribution in [0.4, 0.5) is 0 Å². The van der Waals surface area contributed by atoms with Crippen LogP contribution in [0.3, 0.4) is 0 Å². The molecule has 2 rings (SSSR count). The summed E-state index contributed by atoms with van der Waals surface area (Å²) >= 11 is 0. The fraction of sp³-hybridized carbons (Fsp3) is 0.571. The molecule has 0 aromatic heterocycles. The monoisotopic (exact) mass is 234 g/mol. The van der Waals surface area contributed by atoms with Crippen molar-refractivity contribution in [3.63, 3.8) is 0 Å². The van der Waals surface area contributed by atoms with Crippen LogP contribution in [0.25, 0.3) is 0 Å². The zero-order chi connectivity index (χ0) is 12.6. The van der Waals surface area contributed by atoms with Crippen molar-refractivity contribution in [3.8, 4) is 0 Å². The lowest BCUT2D eigenvalue weighted by molar-refractivity contribution is -0.162. The van der Waals surface area contributed by atoms with E-state index in [4.69, 9.17) is 4.74 Å². The predicted molar refractivity (Wildman–Crippen MR) is 64.3 cm³/mol. The Hall–Kier alpha value is -1.38. The van der Waals surface area contributed by atoms with E-state index in [1.807, 2.05) is 13.0 Å². The Labute approximate surface area is 102 Å². The van der Waals surface area contributed by atoms with Gasteiger partial charge in [0.25, 0.3) is 0 Å². The molecular weight excluding hydrogens is 216 g/mol. The van der Waals surface area contributed by atoms with Gasteiger partial charge in [-0.05, 0) is 31.8 Å². The normalized spacial score (nSPS) is 36.2. The highest BCUT2D eigenvalue weighted by Gasteiger charge is 2.48. The van der Waals surface area contributed by atoms with Gasteiger partial charge in [-0.2, -0.15) is 0 Å². The van der Waals surface area contributed by atoms with Crippen molar-refractivity contribution in [2.24, 2.45) is 11.3 Å². The van der Waals surface area contributed by atoms with Crippen LogP contribution in [0.15, 0.2) is 23.8 Å². The number of rotatable bonds is 1. The van der Waals surface area contributed by atoms with Crippen molar-refractivity contribution in [1.29, 1.82) is 0 Å². The van der Waals surface area contributed by atoms with E-state index in [0.29, 0.717) is 0 Å². The molecule has 0 bridgehead atoms. The number of hydrogen-bond acceptors (Lipinski definition) is 3. The quantitative estimate of drug-likeness (QED) is 0.517. The van der Waals surface area contributed by atoms with Crippen molar-refractivity contribution in [2.75, 3.05) is 0 Å². The molecule has 0 aromatic rings. The van der Waals surface area contributed by atoms with Gasteiger partial charge >= 0.3 is 5.97 Å². The van der Waals surface area contributed by atoms with Gasteiger partial charge < -0.3 is 4.74 Å². The third-order valence-corrected chi connectivity index (χ3v) is 3.91. The highest BCUT2D eigenvalue weighted by atomic mass is 16.5. The summed E-state index contributed by atoms with van der Waals surface area (Å²) in [6.07, 6.45) is 6.80. The number of allylic oxidation sites excluding steroid dienone is 3. The molecule has 3 atom stereocenters. The van der Waals surface area contributed by atoms with Crippen LogP contribution in [0.5, 0.6) is 0 Å². The van der Waals surface area contributed by atoms with Gasteiger partial charge in [0, 0.05) is 12.3 Å². The van der Waals surface area contributed by atoms with Gasteiger partial charge in [-0.15, -0.1) is 0 Å². The molecule has 0 fully saturated rings. The maximum Gasteiger partial charge on any atom is 0.303 e. The molecule has 0 aliphatic heterocycles. The van der Waals surface area contributed by atoms with Gasteiger partial charge in [0.05, 0.1) is 0 Å². The first-order valence-electron chi connectivity index (χ1n) is 5.98. The number of fused-ring (bicyclic) bond motifs is 1. The Morgan fingerprint density at radius 1 is 1.53 bits per heavy atom. The van der Waals surface area contributed by atoms with Crippen LogP contribution < -0.4 is 0 Å². The Morgan fingerprint density at radius 2 is 2.24 bits per heavy atom. The van der Waals surface area contributed by atoms with Gasteiger partial charge in [0.15, 0.2) is 11.9 Å². The van der Waals surface area contributed by atoms with Gasteiger partial charge in [0.1, 0.15) is 0 Å². The Balaban J connectivity index is 2.34. The summed E-state index contributed by atoms with van der Waals surface area (Å²) in [4.78, 5) is 23.0. The second-order valence-electron chi connectivity index (χ2n) is 5.32. The summed E-state index contributed by atoms with van der Waals surface area (Å²) in [6, 6.07) is 0. The molecule has 3 heteroatoms. The summed E-state index contributed by atoms with van der Waals surface area (Å²) < 4.78 is 5.24. The second kappa shape index (κ2) is 4.13. The van der Waals surface area contributed by atoms with Crippen LogP contribution in [-0.4, -0.2) is 17.9 Å². The zero-order valence-electron chi connectivity index (χ0n) is 10.5. The van der Waals surface area contributed by atoms with Crippen molar-refractivity contribution >= 4 is 11.8 Å². The molecule has 0 radical (unpaired) electrons. The predicted octanol–water partition coefficient (Wildman–Crippen LogP) is 2.42. The summed E-state index contributed by atoms with van der Waals surface area (Å²) in [7, 11) is 0. The molecule has 3 nitrogen and oxygen atoms in total. The molecule has 0 saturated heterocycles. The standard InChI is InChI=1S/C14H18O3/c1-9-6-7-14(3)11(8-9)4-5-12(16)13(14)17-10(2)15/h4-6,11,13H,7-8H2,1-3H3/t11-,13+,14+/m1/s1. The summed E-state index contributed by atoms with van der Waals surface area (Å²) in [5.41, 5.74) is 1.06. The topological polar surface area (TPSA) is 43.4 Å². The molecule has 0 saturated carbocycles. The lowest BCUT2D eigenvalue weighted by Gasteiger charge is -2.45. The number of ketones is 1. The molecule has 2 aliphatic rings. The molecule has 92 valence electrons. The highest BCUT2D eigenvalue weighted by molar-refractivity contribution is 5.96. The second-order valence-corrected chi connectivity index (χ2v) is 5.32. The van der Waals surface area contributed by atoms with Crippen LogP contribution in [0, 0.1) is 11.3 Å². The largest absolute Gasteiger partial charge is 0.454 e. The number of esters is 1. The van der Waals surface area contributed by atoms with E-state index in [-0.39, 0.29) is 23.1 Å². The smallest absolute Gasteiger partial charge is 0.303 e. The minimum Gasteiger partial charge on any atom is -0.454 e. The van der Waals surface area contributed by atoms with Crippen LogP contribution in [0.2, 0.25) is 0 Å². The SMILES string of the molecule is CC(=O)O[C@H]1C(=O)C=C[C@@H]2CC(C)=CC[C@@]21C.